The van der Waals surface area contributed by atoms with Gasteiger partial charge in [-0.25, -0.2) is 8.42 Å². The lowest BCUT2D eigenvalue weighted by atomic mass is 10.2. The van der Waals surface area contributed by atoms with Crippen LogP contribution in [0.15, 0.2) is 58.3 Å². The number of thioether (sulfide) groups is 1. The van der Waals surface area contributed by atoms with Gasteiger partial charge in [-0.1, -0.05) is 41.4 Å². The van der Waals surface area contributed by atoms with E-state index in [0.29, 0.717) is 48.3 Å². The predicted molar refractivity (Wildman–Crippen MR) is 113 cm³/mol. The van der Waals surface area contributed by atoms with Gasteiger partial charge in [0.15, 0.2) is 0 Å². The molecule has 0 radical (unpaired) electrons. The molecule has 1 fully saturated rings. The molecule has 1 amide bonds. The van der Waals surface area contributed by atoms with Crippen LogP contribution in [0.1, 0.15) is 12.0 Å². The first-order valence-electron chi connectivity index (χ1n) is 9.10. The van der Waals surface area contributed by atoms with Crippen molar-refractivity contribution in [3.05, 3.63) is 59.1 Å². The molecule has 28 heavy (non-hydrogen) atoms. The van der Waals surface area contributed by atoms with Crippen LogP contribution in [-0.4, -0.2) is 55.5 Å². The second-order valence-corrected chi connectivity index (χ2v) is 10.1. The Kier molecular flexibility index (Phi) is 7.04. The third-order valence-electron chi connectivity index (χ3n) is 4.66. The topological polar surface area (TPSA) is 57.7 Å². The fourth-order valence-corrected chi connectivity index (χ4v) is 5.60. The first-order valence-corrected chi connectivity index (χ1v) is 11.9. The van der Waals surface area contributed by atoms with Crippen molar-refractivity contribution in [3.8, 4) is 0 Å². The number of hydrogen-bond donors (Lipinski definition) is 0. The fraction of sp³-hybridized carbons (Fsp3) is 0.350. The van der Waals surface area contributed by atoms with Gasteiger partial charge in [-0.3, -0.25) is 4.79 Å². The molecule has 5 nitrogen and oxygen atoms in total. The van der Waals surface area contributed by atoms with E-state index in [1.54, 1.807) is 40.9 Å². The van der Waals surface area contributed by atoms with Gasteiger partial charge in [-0.2, -0.15) is 4.31 Å². The van der Waals surface area contributed by atoms with Gasteiger partial charge < -0.3 is 4.90 Å². The standard InChI is InChI=1S/C20H23ClN2O3S2/c1-16-6-8-17(9-7-16)28(25,26)23-13-11-22(12-14-23)20(24)10-15-27-19-5-3-2-4-18(19)21/h2-9H,10-15H2,1H3. The summed E-state index contributed by atoms with van der Waals surface area (Å²) in [7, 11) is -3.51. The molecule has 0 saturated carbocycles. The lowest BCUT2D eigenvalue weighted by Gasteiger charge is -2.34. The molecule has 1 aliphatic rings. The number of amides is 1. The average molecular weight is 439 g/mol. The van der Waals surface area contributed by atoms with E-state index in [0.717, 1.165) is 10.5 Å². The molecule has 0 unspecified atom stereocenters. The van der Waals surface area contributed by atoms with Crippen molar-refractivity contribution in [1.29, 1.82) is 0 Å². The fourth-order valence-electron chi connectivity index (χ4n) is 3.01. The SMILES string of the molecule is Cc1ccc(S(=O)(=O)N2CCN(C(=O)CCSc3ccccc3Cl)CC2)cc1. The lowest BCUT2D eigenvalue weighted by Crippen LogP contribution is -2.50. The number of rotatable bonds is 6. The summed E-state index contributed by atoms with van der Waals surface area (Å²) in [6.07, 6.45) is 0.403. The lowest BCUT2D eigenvalue weighted by molar-refractivity contribution is -0.131. The second kappa shape index (κ2) is 9.31. The van der Waals surface area contributed by atoms with Crippen molar-refractivity contribution in [2.24, 2.45) is 0 Å². The van der Waals surface area contributed by atoms with Gasteiger partial charge in [0.05, 0.1) is 9.92 Å². The highest BCUT2D eigenvalue weighted by molar-refractivity contribution is 7.99. The minimum absolute atomic E-state index is 0.0481. The normalized spacial score (nSPS) is 15.6. The van der Waals surface area contributed by atoms with Gasteiger partial charge in [0.1, 0.15) is 0 Å². The van der Waals surface area contributed by atoms with Crippen LogP contribution in [0, 0.1) is 6.92 Å². The summed E-state index contributed by atoms with van der Waals surface area (Å²) < 4.78 is 26.9. The van der Waals surface area contributed by atoms with Crippen LogP contribution in [0.4, 0.5) is 0 Å². The highest BCUT2D eigenvalue weighted by Crippen LogP contribution is 2.27. The van der Waals surface area contributed by atoms with Crippen molar-refractivity contribution >= 4 is 39.3 Å². The molecule has 1 saturated heterocycles. The van der Waals surface area contributed by atoms with E-state index in [9.17, 15) is 13.2 Å². The molecule has 1 aliphatic heterocycles. The van der Waals surface area contributed by atoms with Crippen LogP contribution in [0.25, 0.3) is 0 Å². The van der Waals surface area contributed by atoms with E-state index in [1.807, 2.05) is 31.2 Å². The Morgan fingerprint density at radius 2 is 1.68 bits per heavy atom. The van der Waals surface area contributed by atoms with Gasteiger partial charge in [-0.05, 0) is 31.2 Å². The summed E-state index contributed by atoms with van der Waals surface area (Å²) in [6, 6.07) is 14.4. The number of halogens is 1. The zero-order chi connectivity index (χ0) is 20.1. The number of piperazine rings is 1. The molecule has 0 bridgehead atoms. The molecule has 8 heteroatoms. The van der Waals surface area contributed by atoms with Crippen LogP contribution in [0.2, 0.25) is 5.02 Å². The maximum atomic E-state index is 12.7. The highest BCUT2D eigenvalue weighted by Gasteiger charge is 2.29. The summed E-state index contributed by atoms with van der Waals surface area (Å²) in [6.45, 7) is 3.39. The number of benzene rings is 2. The van der Waals surface area contributed by atoms with Crippen molar-refractivity contribution in [2.45, 2.75) is 23.1 Å². The third kappa shape index (κ3) is 5.08. The van der Waals surface area contributed by atoms with Gasteiger partial charge in [0.25, 0.3) is 0 Å². The van der Waals surface area contributed by atoms with E-state index in [2.05, 4.69) is 0 Å². The second-order valence-electron chi connectivity index (χ2n) is 6.63. The molecule has 0 atom stereocenters. The third-order valence-corrected chi connectivity index (χ3v) is 8.09. The first-order chi connectivity index (χ1) is 13.4. The van der Waals surface area contributed by atoms with Gasteiger partial charge in [0.2, 0.25) is 15.9 Å². The first kappa shape index (κ1) is 21.2. The van der Waals surface area contributed by atoms with Crippen molar-refractivity contribution in [1.82, 2.24) is 9.21 Å². The summed E-state index contributed by atoms with van der Waals surface area (Å²) in [5.74, 6) is 0.691. The predicted octanol–water partition coefficient (Wildman–Crippen LogP) is 3.66. The number of nitrogens with zero attached hydrogens (tertiary/aromatic N) is 2. The Morgan fingerprint density at radius 1 is 1.04 bits per heavy atom. The van der Waals surface area contributed by atoms with Crippen LogP contribution in [0.3, 0.4) is 0 Å². The maximum absolute atomic E-state index is 12.7. The molecule has 0 spiro atoms. The van der Waals surface area contributed by atoms with Crippen LogP contribution >= 0.6 is 23.4 Å². The van der Waals surface area contributed by atoms with Crippen molar-refractivity contribution < 1.29 is 13.2 Å². The average Bonchev–Trinajstić information content (AvgIpc) is 2.70. The number of hydrogen-bond acceptors (Lipinski definition) is 4. The molecule has 0 N–H and O–H groups in total. The van der Waals surface area contributed by atoms with Gasteiger partial charge >= 0.3 is 0 Å². The van der Waals surface area contributed by atoms with E-state index >= 15 is 0 Å². The molecule has 2 aromatic carbocycles. The van der Waals surface area contributed by atoms with Gasteiger partial charge in [0, 0.05) is 43.2 Å². The molecular weight excluding hydrogens is 416 g/mol. The highest BCUT2D eigenvalue weighted by atomic mass is 35.5. The van der Waals surface area contributed by atoms with Crippen molar-refractivity contribution in [3.63, 3.8) is 0 Å². The van der Waals surface area contributed by atoms with E-state index in [4.69, 9.17) is 11.6 Å². The molecule has 0 aromatic heterocycles. The summed E-state index contributed by atoms with van der Waals surface area (Å²) >= 11 is 7.68. The summed E-state index contributed by atoms with van der Waals surface area (Å²) in [5, 5.41) is 0.690. The number of carbonyl (C=O) groups excluding carboxylic acids is 1. The maximum Gasteiger partial charge on any atom is 0.243 e. The Bertz CT molecular complexity index is 925. The quantitative estimate of drug-likeness (QED) is 0.646. The molecule has 0 aliphatic carbocycles. The van der Waals surface area contributed by atoms with Crippen LogP contribution in [-0.2, 0) is 14.8 Å². The minimum Gasteiger partial charge on any atom is -0.340 e. The largest absolute Gasteiger partial charge is 0.340 e. The smallest absolute Gasteiger partial charge is 0.243 e. The Labute approximate surface area is 175 Å². The number of sulfonamides is 1. The van der Waals surface area contributed by atoms with Crippen molar-refractivity contribution in [2.75, 3.05) is 31.9 Å². The zero-order valence-corrected chi connectivity index (χ0v) is 18.1. The Morgan fingerprint density at radius 3 is 2.32 bits per heavy atom. The molecular formula is C20H23ClN2O3S2. The van der Waals surface area contributed by atoms with E-state index in [1.165, 1.54) is 4.31 Å². The van der Waals surface area contributed by atoms with Gasteiger partial charge in [-0.15, -0.1) is 11.8 Å². The Hall–Kier alpha value is -1.54. The van der Waals surface area contributed by atoms with E-state index in [-0.39, 0.29) is 5.91 Å². The zero-order valence-electron chi connectivity index (χ0n) is 15.7. The Balaban J connectivity index is 1.50. The van der Waals surface area contributed by atoms with Crippen LogP contribution < -0.4 is 0 Å². The minimum atomic E-state index is -3.51. The van der Waals surface area contributed by atoms with Crippen LogP contribution in [0.5, 0.6) is 0 Å². The number of carbonyl (C=O) groups is 1. The van der Waals surface area contributed by atoms with E-state index < -0.39 is 10.0 Å². The summed E-state index contributed by atoms with van der Waals surface area (Å²) in [5.41, 5.74) is 1.02. The molecule has 3 rings (SSSR count). The molecule has 150 valence electrons. The number of aryl methyl sites for hydroxylation is 1. The summed E-state index contributed by atoms with van der Waals surface area (Å²) in [4.78, 5) is 15.5. The molecule has 2 aromatic rings. The molecule has 1 heterocycles. The monoisotopic (exact) mass is 438 g/mol.